The number of aromatic nitrogens is 4. The van der Waals surface area contributed by atoms with E-state index in [4.69, 9.17) is 4.98 Å². The Morgan fingerprint density at radius 1 is 0.973 bits per heavy atom. The minimum Gasteiger partial charge on any atom is -0.364 e. The van der Waals surface area contributed by atoms with E-state index in [-0.39, 0.29) is 18.1 Å². The summed E-state index contributed by atoms with van der Waals surface area (Å²) in [4.78, 5) is 17.7. The number of nitrogens with one attached hydrogen (secondary N) is 1. The highest BCUT2D eigenvalue weighted by Crippen LogP contribution is 2.39. The molecule has 10 heteroatoms. The van der Waals surface area contributed by atoms with Crippen LogP contribution in [0.3, 0.4) is 0 Å². The molecule has 37 heavy (non-hydrogen) atoms. The van der Waals surface area contributed by atoms with Crippen molar-refractivity contribution < 1.29 is 13.2 Å². The Kier molecular flexibility index (Phi) is 5.78. The fourth-order valence-electron chi connectivity index (χ4n) is 5.58. The van der Waals surface area contributed by atoms with Gasteiger partial charge in [0, 0.05) is 61.4 Å². The van der Waals surface area contributed by atoms with E-state index in [0.29, 0.717) is 25.5 Å². The number of imidazole rings is 1. The monoisotopic (exact) mass is 507 g/mol. The molecule has 192 valence electrons. The Labute approximate surface area is 213 Å². The number of fused-ring (bicyclic) bond motifs is 3. The number of alkyl halides is 3. The van der Waals surface area contributed by atoms with Gasteiger partial charge in [0.25, 0.3) is 0 Å². The quantitative estimate of drug-likeness (QED) is 0.388. The fraction of sp³-hybridized carbons (Fsp3) is 0.370. The second kappa shape index (κ2) is 9.02. The van der Waals surface area contributed by atoms with Crippen molar-refractivity contribution in [2.24, 2.45) is 0 Å². The molecule has 2 saturated heterocycles. The number of rotatable bonds is 6. The summed E-state index contributed by atoms with van der Waals surface area (Å²) >= 11 is 0. The Hall–Kier alpha value is -3.66. The number of halogens is 3. The van der Waals surface area contributed by atoms with Crippen LogP contribution in [0.2, 0.25) is 0 Å². The van der Waals surface area contributed by atoms with Crippen molar-refractivity contribution in [1.29, 1.82) is 0 Å². The van der Waals surface area contributed by atoms with Crippen LogP contribution in [0.15, 0.2) is 67.1 Å². The number of benzene rings is 1. The van der Waals surface area contributed by atoms with Crippen molar-refractivity contribution in [1.82, 2.24) is 24.3 Å². The van der Waals surface area contributed by atoms with Gasteiger partial charge >= 0.3 is 6.18 Å². The van der Waals surface area contributed by atoms with Crippen LogP contribution >= 0.6 is 0 Å². The summed E-state index contributed by atoms with van der Waals surface area (Å²) in [6.45, 7) is 4.22. The van der Waals surface area contributed by atoms with Gasteiger partial charge in [0.05, 0.1) is 5.69 Å². The van der Waals surface area contributed by atoms with E-state index in [2.05, 4.69) is 39.2 Å². The Morgan fingerprint density at radius 2 is 1.78 bits per heavy atom. The minimum absolute atomic E-state index is 0.0236. The molecule has 1 unspecified atom stereocenters. The zero-order chi connectivity index (χ0) is 25.7. The van der Waals surface area contributed by atoms with Crippen molar-refractivity contribution in [2.75, 3.05) is 23.3 Å². The average molecular weight is 508 g/mol. The lowest BCUT2D eigenvalue weighted by Gasteiger charge is -2.38. The molecule has 6 rings (SSSR count). The third kappa shape index (κ3) is 4.39. The van der Waals surface area contributed by atoms with E-state index in [1.807, 2.05) is 47.0 Å². The largest absolute Gasteiger partial charge is 0.403 e. The molecule has 7 nitrogen and oxygen atoms in total. The van der Waals surface area contributed by atoms with Crippen LogP contribution in [0.25, 0.3) is 16.9 Å². The lowest BCUT2D eigenvalue weighted by atomic mass is 10.1. The molecule has 2 bridgehead atoms. The molecule has 2 aliphatic heterocycles. The molecule has 0 amide bonds. The van der Waals surface area contributed by atoms with Gasteiger partial charge in [-0.1, -0.05) is 30.3 Å². The van der Waals surface area contributed by atoms with Crippen molar-refractivity contribution in [3.63, 3.8) is 0 Å². The molecule has 0 spiro atoms. The van der Waals surface area contributed by atoms with Gasteiger partial charge in [-0.05, 0) is 38.0 Å². The van der Waals surface area contributed by atoms with Crippen molar-refractivity contribution in [3.8, 4) is 11.3 Å². The number of piperazine rings is 1. The number of hydrogen-bond donors (Lipinski definition) is 1. The topological polar surface area (TPSA) is 61.6 Å². The van der Waals surface area contributed by atoms with Crippen LogP contribution < -0.4 is 10.2 Å². The summed E-state index contributed by atoms with van der Waals surface area (Å²) in [5.41, 5.74) is 3.54. The fourth-order valence-corrected chi connectivity index (χ4v) is 5.58. The number of nitrogens with zero attached hydrogens (tertiary/aromatic N) is 6. The van der Waals surface area contributed by atoms with Crippen LogP contribution in [-0.2, 0) is 0 Å². The van der Waals surface area contributed by atoms with Crippen LogP contribution in [0.1, 0.15) is 31.9 Å². The second-order valence-electron chi connectivity index (χ2n) is 9.91. The van der Waals surface area contributed by atoms with E-state index in [1.54, 1.807) is 17.3 Å². The first kappa shape index (κ1) is 23.7. The van der Waals surface area contributed by atoms with Crippen LogP contribution in [-0.4, -0.2) is 61.6 Å². The molecule has 0 saturated carbocycles. The van der Waals surface area contributed by atoms with E-state index < -0.39 is 12.2 Å². The van der Waals surface area contributed by atoms with Gasteiger partial charge in [-0.15, -0.1) is 0 Å². The predicted octanol–water partition coefficient (Wildman–Crippen LogP) is 5.18. The van der Waals surface area contributed by atoms with Crippen molar-refractivity contribution in [3.05, 3.63) is 72.7 Å². The molecular weight excluding hydrogens is 479 g/mol. The SMILES string of the molecule is CC(N1C[C@@H]2C[C@H]1CN2c1nc(-c2ccnc(N[C@@H](C)c3ccccc3)c2)cc2nccn12)C(F)(F)F. The maximum absolute atomic E-state index is 13.4. The van der Waals surface area contributed by atoms with Crippen LogP contribution in [0, 0.1) is 0 Å². The molecule has 0 aliphatic carbocycles. The molecule has 1 aromatic carbocycles. The molecule has 1 N–H and O–H groups in total. The summed E-state index contributed by atoms with van der Waals surface area (Å²) < 4.78 is 42.0. The van der Waals surface area contributed by atoms with Gasteiger partial charge in [-0.2, -0.15) is 13.2 Å². The predicted molar refractivity (Wildman–Crippen MR) is 136 cm³/mol. The number of anilines is 2. The maximum atomic E-state index is 13.4. The third-order valence-corrected chi connectivity index (χ3v) is 7.60. The first-order valence-electron chi connectivity index (χ1n) is 12.5. The van der Waals surface area contributed by atoms with Crippen molar-refractivity contribution in [2.45, 2.75) is 50.6 Å². The number of hydrogen-bond acceptors (Lipinski definition) is 6. The van der Waals surface area contributed by atoms with E-state index in [1.165, 1.54) is 6.92 Å². The molecule has 4 aromatic rings. The first-order chi connectivity index (χ1) is 17.8. The van der Waals surface area contributed by atoms with E-state index in [9.17, 15) is 13.2 Å². The van der Waals surface area contributed by atoms with Crippen LogP contribution in [0.5, 0.6) is 0 Å². The zero-order valence-electron chi connectivity index (χ0n) is 20.6. The first-order valence-corrected chi connectivity index (χ1v) is 12.5. The van der Waals surface area contributed by atoms with Gasteiger partial charge < -0.3 is 10.2 Å². The smallest absolute Gasteiger partial charge is 0.364 e. The highest BCUT2D eigenvalue weighted by atomic mass is 19.4. The second-order valence-corrected chi connectivity index (χ2v) is 9.91. The maximum Gasteiger partial charge on any atom is 0.403 e. The lowest BCUT2D eigenvalue weighted by molar-refractivity contribution is -0.181. The van der Waals surface area contributed by atoms with Gasteiger partial charge in [-0.25, -0.2) is 15.0 Å². The summed E-state index contributed by atoms with van der Waals surface area (Å²) in [6.07, 6.45) is 1.79. The molecular formula is C27H28F3N7. The summed E-state index contributed by atoms with van der Waals surface area (Å²) in [6, 6.07) is 14.4. The Bertz CT molecular complexity index is 1400. The van der Waals surface area contributed by atoms with Gasteiger partial charge in [-0.3, -0.25) is 9.30 Å². The molecule has 2 fully saturated rings. The summed E-state index contributed by atoms with van der Waals surface area (Å²) in [7, 11) is 0. The highest BCUT2D eigenvalue weighted by Gasteiger charge is 2.51. The lowest BCUT2D eigenvalue weighted by Crippen LogP contribution is -2.54. The molecule has 3 aromatic heterocycles. The zero-order valence-corrected chi connectivity index (χ0v) is 20.6. The molecule has 5 heterocycles. The normalized spacial score (nSPS) is 21.5. The Balaban J connectivity index is 1.28. The van der Waals surface area contributed by atoms with E-state index in [0.717, 1.165) is 28.3 Å². The Morgan fingerprint density at radius 3 is 2.51 bits per heavy atom. The summed E-state index contributed by atoms with van der Waals surface area (Å²) in [5.74, 6) is 1.44. The third-order valence-electron chi connectivity index (χ3n) is 7.60. The van der Waals surface area contributed by atoms with Gasteiger partial charge in [0.1, 0.15) is 17.5 Å². The molecule has 0 radical (unpaired) electrons. The highest BCUT2D eigenvalue weighted by molar-refractivity contribution is 5.68. The number of likely N-dealkylation sites (tertiary alicyclic amines) is 1. The van der Waals surface area contributed by atoms with Gasteiger partial charge in [0.2, 0.25) is 5.95 Å². The van der Waals surface area contributed by atoms with E-state index >= 15 is 0 Å². The summed E-state index contributed by atoms with van der Waals surface area (Å²) in [5, 5.41) is 3.45. The molecule has 2 aliphatic rings. The standard InChI is InChI=1S/C27H28F3N7/c1-17(19-6-4-3-5-7-19)33-24-12-20(8-9-31-24)23-14-25-32-10-11-35(25)26(34-23)37-16-21-13-22(37)15-36(21)18(2)27(28,29)30/h3-12,14,17-18,21-22H,13,15-16H2,1-2H3,(H,31,33)/t17-,18?,21-,22-/m0/s1. The number of pyridine rings is 1. The average Bonchev–Trinajstić information content (AvgIpc) is 3.63. The van der Waals surface area contributed by atoms with Crippen LogP contribution in [0.4, 0.5) is 24.9 Å². The minimum atomic E-state index is -4.23. The van der Waals surface area contributed by atoms with Gasteiger partial charge in [0.15, 0.2) is 0 Å². The van der Waals surface area contributed by atoms with Crippen molar-refractivity contribution >= 4 is 17.4 Å². The molecule has 4 atom stereocenters.